The molecule has 0 aliphatic carbocycles. The summed E-state index contributed by atoms with van der Waals surface area (Å²) in [6, 6.07) is 13.6. The lowest BCUT2D eigenvalue weighted by Crippen LogP contribution is -2.28. The summed E-state index contributed by atoms with van der Waals surface area (Å²) in [5, 5.41) is 2.69. The molecule has 0 spiro atoms. The van der Waals surface area contributed by atoms with Gasteiger partial charge in [0.15, 0.2) is 6.61 Å². The zero-order valence-corrected chi connectivity index (χ0v) is 14.7. The molecule has 0 saturated carbocycles. The number of amides is 1. The molecule has 0 atom stereocenters. The number of aromatic nitrogens is 2. The molecule has 0 bridgehead atoms. The van der Waals surface area contributed by atoms with E-state index in [0.29, 0.717) is 22.6 Å². The van der Waals surface area contributed by atoms with Gasteiger partial charge in [0.1, 0.15) is 17.3 Å². The van der Waals surface area contributed by atoms with Crippen LogP contribution in [-0.2, 0) is 11.3 Å². The Morgan fingerprint density at radius 3 is 2.63 bits per heavy atom. The third kappa shape index (κ3) is 5.50. The normalized spacial score (nSPS) is 10.3. The van der Waals surface area contributed by atoms with E-state index in [2.05, 4.69) is 15.3 Å². The SMILES string of the molecule is Cc1ccc(CNC(=O)COc2cccc(Oc3ncccn3)c2)cc1F. The van der Waals surface area contributed by atoms with Crippen molar-refractivity contribution in [2.24, 2.45) is 0 Å². The van der Waals surface area contributed by atoms with Crippen molar-refractivity contribution in [2.45, 2.75) is 13.5 Å². The first-order chi connectivity index (χ1) is 13.1. The van der Waals surface area contributed by atoms with E-state index >= 15 is 0 Å². The van der Waals surface area contributed by atoms with Gasteiger partial charge < -0.3 is 14.8 Å². The van der Waals surface area contributed by atoms with Gasteiger partial charge in [0.2, 0.25) is 0 Å². The molecule has 0 unspecified atom stereocenters. The molecule has 0 fully saturated rings. The fourth-order valence-corrected chi connectivity index (χ4v) is 2.22. The van der Waals surface area contributed by atoms with Gasteiger partial charge in [-0.15, -0.1) is 0 Å². The molecule has 7 heteroatoms. The summed E-state index contributed by atoms with van der Waals surface area (Å²) in [6.45, 7) is 1.75. The lowest BCUT2D eigenvalue weighted by Gasteiger charge is -2.09. The monoisotopic (exact) mass is 367 g/mol. The predicted octanol–water partition coefficient (Wildman–Crippen LogP) is 3.41. The van der Waals surface area contributed by atoms with Gasteiger partial charge in [0.25, 0.3) is 5.91 Å². The number of hydrogen-bond donors (Lipinski definition) is 1. The molecular weight excluding hydrogens is 349 g/mol. The summed E-state index contributed by atoms with van der Waals surface area (Å²) in [7, 11) is 0. The number of aryl methyl sites for hydroxylation is 1. The molecule has 1 amide bonds. The molecule has 3 rings (SSSR count). The second kappa shape index (κ2) is 8.75. The highest BCUT2D eigenvalue weighted by molar-refractivity contribution is 5.77. The van der Waals surface area contributed by atoms with Gasteiger partial charge in [-0.1, -0.05) is 18.2 Å². The van der Waals surface area contributed by atoms with Crippen LogP contribution in [0.25, 0.3) is 0 Å². The first kappa shape index (κ1) is 18.3. The van der Waals surface area contributed by atoms with Crippen LogP contribution in [0.2, 0.25) is 0 Å². The van der Waals surface area contributed by atoms with Gasteiger partial charge in [0, 0.05) is 25.0 Å². The molecule has 3 aromatic rings. The van der Waals surface area contributed by atoms with Crippen LogP contribution in [0.3, 0.4) is 0 Å². The molecule has 6 nitrogen and oxygen atoms in total. The Kier molecular flexibility index (Phi) is 5.94. The van der Waals surface area contributed by atoms with Gasteiger partial charge >= 0.3 is 6.01 Å². The van der Waals surface area contributed by atoms with E-state index < -0.39 is 0 Å². The largest absolute Gasteiger partial charge is 0.484 e. The van der Waals surface area contributed by atoms with Gasteiger partial charge in [-0.05, 0) is 42.3 Å². The Morgan fingerprint density at radius 1 is 1.07 bits per heavy atom. The number of hydrogen-bond acceptors (Lipinski definition) is 5. The van der Waals surface area contributed by atoms with Crippen LogP contribution < -0.4 is 14.8 Å². The van der Waals surface area contributed by atoms with Crippen LogP contribution in [-0.4, -0.2) is 22.5 Å². The van der Waals surface area contributed by atoms with E-state index in [9.17, 15) is 9.18 Å². The zero-order valence-electron chi connectivity index (χ0n) is 14.7. The Bertz CT molecular complexity index is 919. The van der Waals surface area contributed by atoms with Gasteiger partial charge in [0.05, 0.1) is 0 Å². The number of nitrogens with one attached hydrogen (secondary N) is 1. The Morgan fingerprint density at radius 2 is 1.85 bits per heavy atom. The third-order valence-corrected chi connectivity index (χ3v) is 3.65. The summed E-state index contributed by atoms with van der Waals surface area (Å²) in [5.74, 6) is 0.361. The van der Waals surface area contributed by atoms with E-state index in [0.717, 1.165) is 0 Å². The summed E-state index contributed by atoms with van der Waals surface area (Å²) in [5.41, 5.74) is 1.25. The topological polar surface area (TPSA) is 73.3 Å². The van der Waals surface area contributed by atoms with Crippen LogP contribution in [0, 0.1) is 12.7 Å². The molecular formula is C20H18FN3O3. The van der Waals surface area contributed by atoms with Crippen LogP contribution in [0.15, 0.2) is 60.9 Å². The smallest absolute Gasteiger partial charge is 0.321 e. The fourth-order valence-electron chi connectivity index (χ4n) is 2.22. The molecule has 1 heterocycles. The summed E-state index contributed by atoms with van der Waals surface area (Å²) >= 11 is 0. The number of halogens is 1. The molecule has 0 radical (unpaired) electrons. The van der Waals surface area contributed by atoms with E-state index in [1.807, 2.05) is 0 Å². The number of carbonyl (C=O) groups is 1. The molecule has 1 aromatic heterocycles. The number of benzene rings is 2. The second-order valence-corrected chi connectivity index (χ2v) is 5.76. The Labute approximate surface area is 156 Å². The van der Waals surface area contributed by atoms with E-state index in [1.54, 1.807) is 61.8 Å². The average Bonchev–Trinajstić information content (AvgIpc) is 2.68. The van der Waals surface area contributed by atoms with Crippen LogP contribution in [0.5, 0.6) is 17.5 Å². The number of carbonyl (C=O) groups excluding carboxylic acids is 1. The van der Waals surface area contributed by atoms with Crippen LogP contribution >= 0.6 is 0 Å². The first-order valence-corrected chi connectivity index (χ1v) is 8.29. The van der Waals surface area contributed by atoms with Crippen molar-refractivity contribution >= 4 is 5.91 Å². The average molecular weight is 367 g/mol. The highest BCUT2D eigenvalue weighted by atomic mass is 19.1. The van der Waals surface area contributed by atoms with Crippen molar-refractivity contribution in [1.29, 1.82) is 0 Å². The van der Waals surface area contributed by atoms with Gasteiger partial charge in [-0.2, -0.15) is 0 Å². The Balaban J connectivity index is 1.49. The second-order valence-electron chi connectivity index (χ2n) is 5.76. The van der Waals surface area contributed by atoms with E-state index in [4.69, 9.17) is 9.47 Å². The summed E-state index contributed by atoms with van der Waals surface area (Å²) < 4.78 is 24.5. The first-order valence-electron chi connectivity index (χ1n) is 8.29. The lowest BCUT2D eigenvalue weighted by molar-refractivity contribution is -0.123. The van der Waals surface area contributed by atoms with E-state index in [-0.39, 0.29) is 30.9 Å². The molecule has 2 aromatic carbocycles. The van der Waals surface area contributed by atoms with Crippen molar-refractivity contribution in [1.82, 2.24) is 15.3 Å². The molecule has 0 aliphatic rings. The molecule has 27 heavy (non-hydrogen) atoms. The van der Waals surface area contributed by atoms with Gasteiger partial charge in [-0.25, -0.2) is 14.4 Å². The maximum absolute atomic E-state index is 13.5. The zero-order chi connectivity index (χ0) is 19.1. The molecule has 0 saturated heterocycles. The van der Waals surface area contributed by atoms with Crippen LogP contribution in [0.4, 0.5) is 4.39 Å². The highest BCUT2D eigenvalue weighted by Crippen LogP contribution is 2.22. The summed E-state index contributed by atoms with van der Waals surface area (Å²) in [6.07, 6.45) is 3.15. The standard InChI is InChI=1S/C20H18FN3O3/c1-14-6-7-15(10-18(14)21)12-24-19(25)13-26-16-4-2-5-17(11-16)27-20-22-8-3-9-23-20/h2-11H,12-13H2,1H3,(H,24,25). The van der Waals surface area contributed by atoms with E-state index in [1.165, 1.54) is 6.07 Å². The van der Waals surface area contributed by atoms with Crippen LogP contribution in [0.1, 0.15) is 11.1 Å². The summed E-state index contributed by atoms with van der Waals surface area (Å²) in [4.78, 5) is 19.9. The number of rotatable bonds is 7. The predicted molar refractivity (Wildman–Crippen MR) is 97.0 cm³/mol. The molecule has 1 N–H and O–H groups in total. The van der Waals surface area contributed by atoms with Crippen molar-refractivity contribution < 1.29 is 18.7 Å². The molecule has 0 aliphatic heterocycles. The van der Waals surface area contributed by atoms with Crippen molar-refractivity contribution in [3.8, 4) is 17.5 Å². The maximum Gasteiger partial charge on any atom is 0.321 e. The highest BCUT2D eigenvalue weighted by Gasteiger charge is 2.06. The van der Waals surface area contributed by atoms with Crippen molar-refractivity contribution in [3.63, 3.8) is 0 Å². The van der Waals surface area contributed by atoms with Gasteiger partial charge in [-0.3, -0.25) is 4.79 Å². The minimum Gasteiger partial charge on any atom is -0.484 e. The quantitative estimate of drug-likeness (QED) is 0.693. The maximum atomic E-state index is 13.5. The fraction of sp³-hybridized carbons (Fsp3) is 0.150. The minimum absolute atomic E-state index is 0.167. The van der Waals surface area contributed by atoms with Crippen molar-refractivity contribution in [3.05, 3.63) is 77.9 Å². The minimum atomic E-state index is -0.311. The number of nitrogens with zero attached hydrogens (tertiary/aromatic N) is 2. The molecule has 138 valence electrons. The lowest BCUT2D eigenvalue weighted by atomic mass is 10.1. The number of ether oxygens (including phenoxy) is 2. The third-order valence-electron chi connectivity index (χ3n) is 3.65. The van der Waals surface area contributed by atoms with Crippen molar-refractivity contribution in [2.75, 3.05) is 6.61 Å². The Hall–Kier alpha value is -3.48.